The molecule has 5 nitrogen and oxygen atoms in total. The van der Waals surface area contributed by atoms with Gasteiger partial charge in [0.25, 0.3) is 0 Å². The summed E-state index contributed by atoms with van der Waals surface area (Å²) in [5, 5.41) is 0. The molecule has 2 rings (SSSR count). The highest BCUT2D eigenvalue weighted by Crippen LogP contribution is 2.31. The first-order valence-corrected chi connectivity index (χ1v) is 6.21. The highest BCUT2D eigenvalue weighted by Gasteiger charge is 2.43. The Morgan fingerprint density at radius 1 is 1.53 bits per heavy atom. The molecule has 2 N–H and O–H groups in total. The van der Waals surface area contributed by atoms with Crippen molar-refractivity contribution in [2.75, 3.05) is 26.9 Å². The van der Waals surface area contributed by atoms with Gasteiger partial charge in [-0.1, -0.05) is 0 Å². The minimum absolute atomic E-state index is 0.0831. The van der Waals surface area contributed by atoms with E-state index in [2.05, 4.69) is 0 Å². The molecule has 0 aromatic carbocycles. The number of esters is 1. The van der Waals surface area contributed by atoms with E-state index >= 15 is 0 Å². The third-order valence-corrected chi connectivity index (χ3v) is 3.69. The quantitative estimate of drug-likeness (QED) is 0.726. The van der Waals surface area contributed by atoms with Crippen molar-refractivity contribution in [3.8, 4) is 0 Å². The maximum absolute atomic E-state index is 11.5. The average Bonchev–Trinajstić information content (AvgIpc) is 2.95. The van der Waals surface area contributed by atoms with Crippen LogP contribution >= 0.6 is 0 Å². The van der Waals surface area contributed by atoms with Crippen LogP contribution in [0, 0.1) is 5.92 Å². The second-order valence-corrected chi connectivity index (χ2v) is 5.08. The molecule has 0 amide bonds. The second-order valence-electron chi connectivity index (χ2n) is 5.08. The van der Waals surface area contributed by atoms with Gasteiger partial charge in [0, 0.05) is 18.9 Å². The van der Waals surface area contributed by atoms with Crippen molar-refractivity contribution in [1.82, 2.24) is 0 Å². The fourth-order valence-corrected chi connectivity index (χ4v) is 2.55. The maximum atomic E-state index is 11.5. The zero-order valence-corrected chi connectivity index (χ0v) is 10.3. The van der Waals surface area contributed by atoms with Crippen molar-refractivity contribution in [1.29, 1.82) is 0 Å². The molecule has 0 aromatic rings. The fraction of sp³-hybridized carbons (Fsp3) is 0.917. The molecular formula is C12H21NO4. The van der Waals surface area contributed by atoms with Gasteiger partial charge in [0.1, 0.15) is 5.54 Å². The molecule has 1 aliphatic carbocycles. The molecule has 3 unspecified atom stereocenters. The summed E-state index contributed by atoms with van der Waals surface area (Å²) in [5.74, 6) is 0.175. The smallest absolute Gasteiger partial charge is 0.325 e. The van der Waals surface area contributed by atoms with E-state index in [4.69, 9.17) is 19.9 Å². The second kappa shape index (κ2) is 5.33. The summed E-state index contributed by atoms with van der Waals surface area (Å²) in [4.78, 5) is 11.5. The lowest BCUT2D eigenvalue weighted by molar-refractivity contribution is -0.147. The molecule has 1 aliphatic heterocycles. The first-order chi connectivity index (χ1) is 8.14. The van der Waals surface area contributed by atoms with Gasteiger partial charge in [0.2, 0.25) is 0 Å². The Balaban J connectivity index is 1.75. The summed E-state index contributed by atoms with van der Waals surface area (Å²) < 4.78 is 15.8. The molecule has 1 saturated heterocycles. The molecule has 1 heterocycles. The molecule has 0 spiro atoms. The number of carbonyl (C=O) groups excluding carboxylic acids is 1. The lowest BCUT2D eigenvalue weighted by Gasteiger charge is -2.21. The highest BCUT2D eigenvalue weighted by molar-refractivity contribution is 5.80. The number of hydrogen-bond acceptors (Lipinski definition) is 5. The van der Waals surface area contributed by atoms with E-state index in [9.17, 15) is 4.79 Å². The van der Waals surface area contributed by atoms with Crippen molar-refractivity contribution in [3.05, 3.63) is 0 Å². The number of ether oxygens (including phenoxy) is 3. The molecule has 2 aliphatic rings. The average molecular weight is 243 g/mol. The Morgan fingerprint density at radius 3 is 3.00 bits per heavy atom. The summed E-state index contributed by atoms with van der Waals surface area (Å²) in [6.45, 7) is 2.33. The van der Waals surface area contributed by atoms with Gasteiger partial charge in [0.05, 0.1) is 26.4 Å². The molecule has 0 aromatic heterocycles. The predicted molar refractivity (Wildman–Crippen MR) is 61.5 cm³/mol. The summed E-state index contributed by atoms with van der Waals surface area (Å²) in [6.07, 6.45) is 3.19. The van der Waals surface area contributed by atoms with Crippen molar-refractivity contribution < 1.29 is 19.0 Å². The number of carbonyl (C=O) groups is 1. The Hall–Kier alpha value is -0.650. The summed E-state index contributed by atoms with van der Waals surface area (Å²) in [7, 11) is 1.38. The van der Waals surface area contributed by atoms with Crippen LogP contribution in [0.2, 0.25) is 0 Å². The van der Waals surface area contributed by atoms with Crippen LogP contribution in [-0.4, -0.2) is 44.5 Å². The molecule has 1 saturated carbocycles. The van der Waals surface area contributed by atoms with Crippen LogP contribution in [0.25, 0.3) is 0 Å². The van der Waals surface area contributed by atoms with Gasteiger partial charge in [-0.3, -0.25) is 4.79 Å². The van der Waals surface area contributed by atoms with Crippen LogP contribution in [0.3, 0.4) is 0 Å². The van der Waals surface area contributed by atoms with Gasteiger partial charge in [0.15, 0.2) is 0 Å². The largest absolute Gasteiger partial charge is 0.468 e. The molecule has 2 fully saturated rings. The van der Waals surface area contributed by atoms with Gasteiger partial charge in [-0.2, -0.15) is 0 Å². The Labute approximate surface area is 102 Å². The van der Waals surface area contributed by atoms with Crippen LogP contribution in [0.5, 0.6) is 0 Å². The normalized spacial score (nSPS) is 37.3. The van der Waals surface area contributed by atoms with Gasteiger partial charge in [-0.05, 0) is 19.3 Å². The van der Waals surface area contributed by atoms with E-state index in [1.54, 1.807) is 0 Å². The van der Waals surface area contributed by atoms with Crippen LogP contribution in [0.4, 0.5) is 0 Å². The lowest BCUT2D eigenvalue weighted by Crippen LogP contribution is -2.46. The Morgan fingerprint density at radius 2 is 2.35 bits per heavy atom. The van der Waals surface area contributed by atoms with E-state index in [1.807, 2.05) is 0 Å². The zero-order valence-electron chi connectivity index (χ0n) is 10.3. The van der Waals surface area contributed by atoms with E-state index < -0.39 is 5.54 Å². The molecule has 5 heteroatoms. The maximum Gasteiger partial charge on any atom is 0.325 e. The molecule has 0 radical (unpaired) electrons. The minimum atomic E-state index is -0.842. The van der Waals surface area contributed by atoms with Crippen LogP contribution in [0.1, 0.15) is 25.7 Å². The van der Waals surface area contributed by atoms with Gasteiger partial charge < -0.3 is 19.9 Å². The van der Waals surface area contributed by atoms with Crippen molar-refractivity contribution in [2.45, 2.75) is 37.3 Å². The van der Waals surface area contributed by atoms with Crippen molar-refractivity contribution in [2.24, 2.45) is 11.7 Å². The van der Waals surface area contributed by atoms with Gasteiger partial charge in [-0.25, -0.2) is 0 Å². The van der Waals surface area contributed by atoms with Gasteiger partial charge >= 0.3 is 5.97 Å². The number of nitrogens with two attached hydrogens (primary N) is 1. The molecule has 17 heavy (non-hydrogen) atoms. The highest BCUT2D eigenvalue weighted by atomic mass is 16.5. The SMILES string of the molecule is COC(=O)C1(N)CCC(OCC2CCOC2)C1. The van der Waals surface area contributed by atoms with Crippen LogP contribution in [-0.2, 0) is 19.0 Å². The zero-order chi connectivity index (χ0) is 12.3. The Bertz CT molecular complexity index is 278. The lowest BCUT2D eigenvalue weighted by atomic mass is 10.00. The summed E-state index contributed by atoms with van der Waals surface area (Å²) in [6, 6.07) is 0. The number of hydrogen-bond donors (Lipinski definition) is 1. The van der Waals surface area contributed by atoms with E-state index in [-0.39, 0.29) is 12.1 Å². The van der Waals surface area contributed by atoms with Crippen LogP contribution in [0.15, 0.2) is 0 Å². The monoisotopic (exact) mass is 243 g/mol. The predicted octanol–water partition coefficient (Wildman–Crippen LogP) is 0.463. The summed E-state index contributed by atoms with van der Waals surface area (Å²) in [5.41, 5.74) is 5.17. The summed E-state index contributed by atoms with van der Waals surface area (Å²) >= 11 is 0. The standard InChI is InChI=1S/C12H21NO4/c1-15-11(14)12(13)4-2-10(6-12)17-8-9-3-5-16-7-9/h9-10H,2-8,13H2,1H3. The molecule has 3 atom stereocenters. The van der Waals surface area contributed by atoms with E-state index in [0.29, 0.717) is 25.4 Å². The first-order valence-electron chi connectivity index (χ1n) is 6.21. The third-order valence-electron chi connectivity index (χ3n) is 3.69. The first kappa shape index (κ1) is 12.8. The van der Waals surface area contributed by atoms with E-state index in [1.165, 1.54) is 7.11 Å². The topological polar surface area (TPSA) is 70.8 Å². The van der Waals surface area contributed by atoms with Crippen LogP contribution < -0.4 is 5.73 Å². The van der Waals surface area contributed by atoms with Crippen molar-refractivity contribution in [3.63, 3.8) is 0 Å². The van der Waals surface area contributed by atoms with E-state index in [0.717, 1.165) is 26.1 Å². The molecular weight excluding hydrogens is 222 g/mol. The molecule has 98 valence electrons. The Kier molecular flexibility index (Phi) is 4.01. The fourth-order valence-electron chi connectivity index (χ4n) is 2.55. The molecule has 0 bridgehead atoms. The minimum Gasteiger partial charge on any atom is -0.468 e. The number of methoxy groups -OCH3 is 1. The number of rotatable bonds is 4. The van der Waals surface area contributed by atoms with Crippen molar-refractivity contribution >= 4 is 5.97 Å². The third kappa shape index (κ3) is 2.97. The van der Waals surface area contributed by atoms with Gasteiger partial charge in [-0.15, -0.1) is 0 Å².